The van der Waals surface area contributed by atoms with Crippen molar-refractivity contribution in [3.05, 3.63) is 30.5 Å². The van der Waals surface area contributed by atoms with E-state index in [1.807, 2.05) is 24.3 Å². The zero-order chi connectivity index (χ0) is 9.80. The molecule has 0 aliphatic rings. The number of para-hydroxylation sites is 1. The van der Waals surface area contributed by atoms with E-state index >= 15 is 0 Å². The van der Waals surface area contributed by atoms with Gasteiger partial charge >= 0.3 is 6.01 Å². The molecule has 14 heavy (non-hydrogen) atoms. The Morgan fingerprint density at radius 3 is 3.00 bits per heavy atom. The van der Waals surface area contributed by atoms with Crippen molar-refractivity contribution in [3.8, 4) is 6.01 Å². The number of hydrogen-bond acceptors (Lipinski definition) is 4. The Balaban J connectivity index is 2.32. The summed E-state index contributed by atoms with van der Waals surface area (Å²) >= 11 is 0. The number of fused-ring (bicyclic) bond motifs is 1. The van der Waals surface area contributed by atoms with Crippen LogP contribution >= 0.6 is 0 Å². The van der Waals surface area contributed by atoms with Crippen LogP contribution in [0.25, 0.3) is 10.9 Å². The molecule has 1 heterocycles. The highest BCUT2D eigenvalue weighted by Crippen LogP contribution is 2.12. The minimum atomic E-state index is -0.0316. The molecule has 4 nitrogen and oxygen atoms in total. The molecule has 0 aliphatic heterocycles. The lowest BCUT2D eigenvalue weighted by molar-refractivity contribution is 0.192. The van der Waals surface area contributed by atoms with Crippen molar-refractivity contribution >= 4 is 10.9 Å². The van der Waals surface area contributed by atoms with Gasteiger partial charge in [0.25, 0.3) is 0 Å². The fourth-order valence-electron chi connectivity index (χ4n) is 1.16. The fraction of sp³-hybridized carbons (Fsp3) is 0.200. The van der Waals surface area contributed by atoms with Crippen molar-refractivity contribution in [2.45, 2.75) is 0 Å². The van der Waals surface area contributed by atoms with E-state index in [0.29, 0.717) is 6.01 Å². The number of rotatable bonds is 3. The number of nitrogens with zero attached hydrogens (tertiary/aromatic N) is 2. The van der Waals surface area contributed by atoms with Crippen LogP contribution in [0.1, 0.15) is 0 Å². The highest BCUT2D eigenvalue weighted by Gasteiger charge is 1.98. The molecular formula is C10H10N2O2. The van der Waals surface area contributed by atoms with Crippen LogP contribution in [-0.4, -0.2) is 28.3 Å². The summed E-state index contributed by atoms with van der Waals surface area (Å²) in [6, 6.07) is 7.97. The molecule has 0 aliphatic carbocycles. The summed E-state index contributed by atoms with van der Waals surface area (Å²) in [4.78, 5) is 8.17. The van der Waals surface area contributed by atoms with Crippen LogP contribution in [0.5, 0.6) is 6.01 Å². The highest BCUT2D eigenvalue weighted by molar-refractivity contribution is 5.77. The summed E-state index contributed by atoms with van der Waals surface area (Å²) in [5, 5.41) is 9.54. The summed E-state index contributed by atoms with van der Waals surface area (Å²) in [6.45, 7) is 0.189. The Morgan fingerprint density at radius 1 is 1.29 bits per heavy atom. The Bertz CT molecular complexity index is 431. The second-order valence-corrected chi connectivity index (χ2v) is 2.78. The van der Waals surface area contributed by atoms with Crippen LogP contribution in [0.4, 0.5) is 0 Å². The van der Waals surface area contributed by atoms with E-state index in [2.05, 4.69) is 9.97 Å². The number of benzene rings is 1. The van der Waals surface area contributed by atoms with Gasteiger partial charge in [-0.15, -0.1) is 0 Å². The van der Waals surface area contributed by atoms with E-state index in [-0.39, 0.29) is 13.2 Å². The third-order valence-corrected chi connectivity index (χ3v) is 1.79. The lowest BCUT2D eigenvalue weighted by Gasteiger charge is -2.02. The second kappa shape index (κ2) is 4.02. The fourth-order valence-corrected chi connectivity index (χ4v) is 1.16. The van der Waals surface area contributed by atoms with Crippen LogP contribution in [0, 0.1) is 0 Å². The van der Waals surface area contributed by atoms with Crippen molar-refractivity contribution < 1.29 is 9.84 Å². The van der Waals surface area contributed by atoms with Crippen LogP contribution < -0.4 is 4.74 Å². The minimum absolute atomic E-state index is 0.0316. The Morgan fingerprint density at radius 2 is 2.14 bits per heavy atom. The van der Waals surface area contributed by atoms with Gasteiger partial charge in [-0.25, -0.2) is 4.98 Å². The molecule has 4 heteroatoms. The molecule has 2 aromatic rings. The van der Waals surface area contributed by atoms with E-state index in [0.717, 1.165) is 10.9 Å². The predicted molar refractivity (Wildman–Crippen MR) is 52.1 cm³/mol. The Labute approximate surface area is 81.2 Å². The molecule has 0 atom stereocenters. The van der Waals surface area contributed by atoms with Crippen LogP contribution in [0.15, 0.2) is 30.5 Å². The van der Waals surface area contributed by atoms with Crippen molar-refractivity contribution in [1.29, 1.82) is 0 Å². The van der Waals surface area contributed by atoms with Gasteiger partial charge in [-0.3, -0.25) is 0 Å². The maximum Gasteiger partial charge on any atom is 0.316 e. The molecule has 0 bridgehead atoms. The standard InChI is InChI=1S/C10H10N2O2/c13-5-6-14-10-11-7-8-3-1-2-4-9(8)12-10/h1-4,7,13H,5-6H2. The number of ether oxygens (including phenoxy) is 1. The van der Waals surface area contributed by atoms with Gasteiger partial charge in [-0.2, -0.15) is 4.98 Å². The molecule has 1 N–H and O–H groups in total. The quantitative estimate of drug-likeness (QED) is 0.784. The van der Waals surface area contributed by atoms with Gasteiger partial charge in [0.15, 0.2) is 0 Å². The number of hydrogen-bond donors (Lipinski definition) is 1. The average molecular weight is 190 g/mol. The van der Waals surface area contributed by atoms with Crippen molar-refractivity contribution in [3.63, 3.8) is 0 Å². The summed E-state index contributed by atoms with van der Waals surface area (Å²) in [5.74, 6) is 0. The maximum absolute atomic E-state index is 8.56. The third-order valence-electron chi connectivity index (χ3n) is 1.79. The summed E-state index contributed by atoms with van der Waals surface area (Å²) < 4.78 is 5.09. The number of aliphatic hydroxyl groups is 1. The summed E-state index contributed by atoms with van der Waals surface area (Å²) in [5.41, 5.74) is 0.843. The second-order valence-electron chi connectivity index (χ2n) is 2.78. The predicted octanol–water partition coefficient (Wildman–Crippen LogP) is 1.00. The molecule has 0 fully saturated rings. The Kier molecular flexibility index (Phi) is 2.55. The van der Waals surface area contributed by atoms with E-state index < -0.39 is 0 Å². The van der Waals surface area contributed by atoms with E-state index in [4.69, 9.17) is 9.84 Å². The highest BCUT2D eigenvalue weighted by atomic mass is 16.5. The summed E-state index contributed by atoms with van der Waals surface area (Å²) in [6.07, 6.45) is 1.70. The van der Waals surface area contributed by atoms with Crippen LogP contribution in [-0.2, 0) is 0 Å². The van der Waals surface area contributed by atoms with Crippen LogP contribution in [0.3, 0.4) is 0 Å². The monoisotopic (exact) mass is 190 g/mol. The third kappa shape index (κ3) is 1.80. The van der Waals surface area contributed by atoms with Gasteiger partial charge in [0.05, 0.1) is 12.1 Å². The SMILES string of the molecule is OCCOc1ncc2ccccc2n1. The first kappa shape index (κ1) is 8.90. The van der Waals surface area contributed by atoms with Gasteiger partial charge in [0.1, 0.15) is 6.61 Å². The minimum Gasteiger partial charge on any atom is -0.461 e. The molecule has 0 spiro atoms. The lowest BCUT2D eigenvalue weighted by Crippen LogP contribution is -2.04. The van der Waals surface area contributed by atoms with Gasteiger partial charge in [0, 0.05) is 11.6 Å². The molecule has 0 saturated carbocycles. The average Bonchev–Trinajstić information content (AvgIpc) is 2.26. The maximum atomic E-state index is 8.56. The Hall–Kier alpha value is -1.68. The van der Waals surface area contributed by atoms with E-state index in [1.54, 1.807) is 6.20 Å². The van der Waals surface area contributed by atoms with E-state index in [1.165, 1.54) is 0 Å². The number of aliphatic hydroxyl groups excluding tert-OH is 1. The van der Waals surface area contributed by atoms with Gasteiger partial charge in [0.2, 0.25) is 0 Å². The van der Waals surface area contributed by atoms with Crippen molar-refractivity contribution in [2.24, 2.45) is 0 Å². The zero-order valence-electron chi connectivity index (χ0n) is 7.55. The molecule has 1 aromatic carbocycles. The molecule has 0 unspecified atom stereocenters. The first-order valence-corrected chi connectivity index (χ1v) is 4.35. The molecule has 72 valence electrons. The molecule has 0 radical (unpaired) electrons. The largest absolute Gasteiger partial charge is 0.461 e. The topological polar surface area (TPSA) is 55.2 Å². The van der Waals surface area contributed by atoms with Gasteiger partial charge in [-0.05, 0) is 6.07 Å². The van der Waals surface area contributed by atoms with Crippen LogP contribution in [0.2, 0.25) is 0 Å². The normalized spacial score (nSPS) is 10.4. The molecule has 0 saturated heterocycles. The molecular weight excluding hydrogens is 180 g/mol. The van der Waals surface area contributed by atoms with Crippen molar-refractivity contribution in [2.75, 3.05) is 13.2 Å². The molecule has 2 rings (SSSR count). The van der Waals surface area contributed by atoms with Crippen molar-refractivity contribution in [1.82, 2.24) is 9.97 Å². The van der Waals surface area contributed by atoms with E-state index in [9.17, 15) is 0 Å². The molecule has 0 amide bonds. The van der Waals surface area contributed by atoms with Gasteiger partial charge in [-0.1, -0.05) is 18.2 Å². The molecule has 1 aromatic heterocycles. The van der Waals surface area contributed by atoms with Gasteiger partial charge < -0.3 is 9.84 Å². The zero-order valence-corrected chi connectivity index (χ0v) is 7.55. The first-order valence-electron chi connectivity index (χ1n) is 4.35. The first-order chi connectivity index (χ1) is 6.90. The smallest absolute Gasteiger partial charge is 0.316 e. The lowest BCUT2D eigenvalue weighted by atomic mass is 10.2. The number of aromatic nitrogens is 2. The summed E-state index contributed by atoms with van der Waals surface area (Å²) in [7, 11) is 0.